The third-order valence-electron chi connectivity index (χ3n) is 5.08. The number of nitrogens with zero attached hydrogens (tertiary/aromatic N) is 1. The quantitative estimate of drug-likeness (QED) is 0.631. The standard InChI is InChI=1S/C23H35N3O6/c1-23(2,3)32-22(29)24-15-20(27)25-17-10-12-26(13-11-17)21(28)9-7-16-6-8-18(30-4)19(14-16)31-5/h6,8,14,17H,7,9-13,15H2,1-5H3,(H,24,29)(H,25,27). The Kier molecular flexibility index (Phi) is 9.16. The van der Waals surface area contributed by atoms with Crippen molar-refractivity contribution in [1.29, 1.82) is 0 Å². The van der Waals surface area contributed by atoms with E-state index in [1.165, 1.54) is 0 Å². The van der Waals surface area contributed by atoms with Gasteiger partial charge in [-0.15, -0.1) is 0 Å². The van der Waals surface area contributed by atoms with E-state index in [4.69, 9.17) is 14.2 Å². The number of likely N-dealkylation sites (tertiary alicyclic amines) is 1. The average Bonchev–Trinajstić information content (AvgIpc) is 2.75. The molecule has 1 fully saturated rings. The van der Waals surface area contributed by atoms with Crippen LogP contribution in [0.4, 0.5) is 4.79 Å². The average molecular weight is 450 g/mol. The lowest BCUT2D eigenvalue weighted by molar-refractivity contribution is -0.132. The molecule has 1 aliphatic rings. The predicted molar refractivity (Wildman–Crippen MR) is 120 cm³/mol. The molecule has 178 valence electrons. The number of carbonyl (C=O) groups excluding carboxylic acids is 3. The summed E-state index contributed by atoms with van der Waals surface area (Å²) in [4.78, 5) is 38.1. The van der Waals surface area contributed by atoms with Crippen LogP contribution in [0.2, 0.25) is 0 Å². The summed E-state index contributed by atoms with van der Waals surface area (Å²) < 4.78 is 15.7. The summed E-state index contributed by atoms with van der Waals surface area (Å²) in [7, 11) is 3.17. The molecule has 1 aliphatic heterocycles. The van der Waals surface area contributed by atoms with Crippen molar-refractivity contribution in [1.82, 2.24) is 15.5 Å². The van der Waals surface area contributed by atoms with Gasteiger partial charge in [-0.2, -0.15) is 0 Å². The number of methoxy groups -OCH3 is 2. The molecule has 1 aromatic carbocycles. The number of hydrogen-bond donors (Lipinski definition) is 2. The maximum Gasteiger partial charge on any atom is 0.408 e. The van der Waals surface area contributed by atoms with Gasteiger partial charge in [0, 0.05) is 25.6 Å². The van der Waals surface area contributed by atoms with Crippen molar-refractivity contribution in [2.24, 2.45) is 0 Å². The van der Waals surface area contributed by atoms with Gasteiger partial charge in [-0.25, -0.2) is 4.79 Å². The zero-order valence-electron chi connectivity index (χ0n) is 19.7. The van der Waals surface area contributed by atoms with Crippen LogP contribution in [-0.2, 0) is 20.7 Å². The Balaban J connectivity index is 1.70. The van der Waals surface area contributed by atoms with Gasteiger partial charge < -0.3 is 29.7 Å². The highest BCUT2D eigenvalue weighted by Gasteiger charge is 2.24. The Morgan fingerprint density at radius 2 is 1.72 bits per heavy atom. The third-order valence-corrected chi connectivity index (χ3v) is 5.08. The fourth-order valence-electron chi connectivity index (χ4n) is 3.46. The van der Waals surface area contributed by atoms with Gasteiger partial charge in [-0.3, -0.25) is 9.59 Å². The topological polar surface area (TPSA) is 106 Å². The van der Waals surface area contributed by atoms with Crippen LogP contribution in [0.1, 0.15) is 45.6 Å². The van der Waals surface area contributed by atoms with Crippen LogP contribution in [0.5, 0.6) is 11.5 Å². The van der Waals surface area contributed by atoms with Crippen molar-refractivity contribution in [2.75, 3.05) is 33.9 Å². The van der Waals surface area contributed by atoms with Crippen molar-refractivity contribution < 1.29 is 28.6 Å². The molecule has 9 heteroatoms. The van der Waals surface area contributed by atoms with Crippen LogP contribution in [0.25, 0.3) is 0 Å². The second kappa shape index (κ2) is 11.6. The number of alkyl carbamates (subject to hydrolysis) is 1. The first-order valence-electron chi connectivity index (χ1n) is 10.9. The maximum absolute atomic E-state index is 12.6. The van der Waals surface area contributed by atoms with E-state index in [0.717, 1.165) is 5.56 Å². The van der Waals surface area contributed by atoms with Gasteiger partial charge in [0.1, 0.15) is 12.1 Å². The molecule has 1 heterocycles. The van der Waals surface area contributed by atoms with Crippen molar-refractivity contribution in [3.05, 3.63) is 23.8 Å². The second-order valence-corrected chi connectivity index (χ2v) is 8.77. The second-order valence-electron chi connectivity index (χ2n) is 8.77. The number of hydrogen-bond acceptors (Lipinski definition) is 6. The smallest absolute Gasteiger partial charge is 0.408 e. The Bertz CT molecular complexity index is 797. The first kappa shape index (κ1) is 25.3. The number of rotatable bonds is 8. The lowest BCUT2D eigenvalue weighted by atomic mass is 10.0. The van der Waals surface area contributed by atoms with Gasteiger partial charge in [0.05, 0.1) is 14.2 Å². The molecule has 0 saturated carbocycles. The minimum Gasteiger partial charge on any atom is -0.493 e. The van der Waals surface area contributed by atoms with Crippen LogP contribution in [-0.4, -0.2) is 68.3 Å². The van der Waals surface area contributed by atoms with Crippen molar-refractivity contribution in [2.45, 2.75) is 58.1 Å². The van der Waals surface area contributed by atoms with Crippen molar-refractivity contribution in [3.63, 3.8) is 0 Å². The van der Waals surface area contributed by atoms with Gasteiger partial charge in [0.25, 0.3) is 0 Å². The van der Waals surface area contributed by atoms with E-state index in [1.807, 2.05) is 23.1 Å². The van der Waals surface area contributed by atoms with Crippen molar-refractivity contribution >= 4 is 17.9 Å². The van der Waals surface area contributed by atoms with E-state index >= 15 is 0 Å². The molecule has 0 atom stereocenters. The highest BCUT2D eigenvalue weighted by Crippen LogP contribution is 2.28. The summed E-state index contributed by atoms with van der Waals surface area (Å²) in [6.45, 7) is 6.32. The zero-order valence-corrected chi connectivity index (χ0v) is 19.7. The zero-order chi connectivity index (χ0) is 23.7. The molecular weight excluding hydrogens is 414 g/mol. The number of aryl methyl sites for hydroxylation is 1. The Hall–Kier alpha value is -2.97. The summed E-state index contributed by atoms with van der Waals surface area (Å²) in [6.07, 6.45) is 1.77. The predicted octanol–water partition coefficient (Wildman–Crippen LogP) is 2.27. The fraction of sp³-hybridized carbons (Fsp3) is 0.609. The summed E-state index contributed by atoms with van der Waals surface area (Å²) in [6, 6.07) is 5.64. The van der Waals surface area contributed by atoms with Crippen LogP contribution < -0.4 is 20.1 Å². The molecule has 2 rings (SSSR count). The third kappa shape index (κ3) is 8.28. The first-order chi connectivity index (χ1) is 15.1. The molecule has 0 aliphatic carbocycles. The Morgan fingerprint density at radius 3 is 2.31 bits per heavy atom. The minimum atomic E-state index is -0.623. The maximum atomic E-state index is 12.6. The number of carbonyl (C=O) groups is 3. The van der Waals surface area contributed by atoms with E-state index in [2.05, 4.69) is 10.6 Å². The molecule has 3 amide bonds. The largest absolute Gasteiger partial charge is 0.493 e. The number of amides is 3. The molecule has 1 saturated heterocycles. The Morgan fingerprint density at radius 1 is 1.06 bits per heavy atom. The van der Waals surface area contributed by atoms with E-state index in [1.54, 1.807) is 35.0 Å². The highest BCUT2D eigenvalue weighted by molar-refractivity contribution is 5.82. The molecule has 32 heavy (non-hydrogen) atoms. The number of nitrogens with one attached hydrogen (secondary N) is 2. The van der Waals surface area contributed by atoms with Crippen LogP contribution in [0.15, 0.2) is 18.2 Å². The molecular formula is C23H35N3O6. The van der Waals surface area contributed by atoms with Gasteiger partial charge >= 0.3 is 6.09 Å². The van der Waals surface area contributed by atoms with E-state index < -0.39 is 11.7 Å². The van der Waals surface area contributed by atoms with Gasteiger partial charge in [-0.05, 0) is 57.7 Å². The van der Waals surface area contributed by atoms with Crippen LogP contribution in [0, 0.1) is 0 Å². The van der Waals surface area contributed by atoms with Crippen LogP contribution >= 0.6 is 0 Å². The van der Waals surface area contributed by atoms with Gasteiger partial charge in [-0.1, -0.05) is 6.07 Å². The molecule has 0 bridgehead atoms. The molecule has 1 aromatic rings. The van der Waals surface area contributed by atoms with Gasteiger partial charge in [0.2, 0.25) is 11.8 Å². The first-order valence-corrected chi connectivity index (χ1v) is 10.9. The minimum absolute atomic E-state index is 0.0159. The van der Waals surface area contributed by atoms with Crippen molar-refractivity contribution in [3.8, 4) is 11.5 Å². The molecule has 0 unspecified atom stereocenters. The molecule has 9 nitrogen and oxygen atoms in total. The Labute approximate surface area is 189 Å². The van der Waals surface area contributed by atoms with Gasteiger partial charge in [0.15, 0.2) is 11.5 Å². The molecule has 0 spiro atoms. The van der Waals surface area contributed by atoms with E-state index in [9.17, 15) is 14.4 Å². The number of piperidine rings is 1. The van der Waals surface area contributed by atoms with E-state index in [0.29, 0.717) is 50.3 Å². The summed E-state index contributed by atoms with van der Waals surface area (Å²) in [5, 5.41) is 5.35. The lowest BCUT2D eigenvalue weighted by Crippen LogP contribution is -2.49. The SMILES string of the molecule is COc1ccc(CCC(=O)N2CCC(NC(=O)CNC(=O)OC(C)(C)C)CC2)cc1OC. The lowest BCUT2D eigenvalue weighted by Gasteiger charge is -2.32. The van der Waals surface area contributed by atoms with Crippen LogP contribution in [0.3, 0.4) is 0 Å². The summed E-state index contributed by atoms with van der Waals surface area (Å²) in [5.41, 5.74) is 0.398. The highest BCUT2D eigenvalue weighted by atomic mass is 16.6. The summed E-state index contributed by atoms with van der Waals surface area (Å²) >= 11 is 0. The summed E-state index contributed by atoms with van der Waals surface area (Å²) in [5.74, 6) is 1.13. The molecule has 0 radical (unpaired) electrons. The monoisotopic (exact) mass is 449 g/mol. The fourth-order valence-corrected chi connectivity index (χ4v) is 3.46. The molecule has 0 aromatic heterocycles. The normalized spacial score (nSPS) is 14.5. The number of benzene rings is 1. The number of ether oxygens (including phenoxy) is 3. The van der Waals surface area contributed by atoms with E-state index in [-0.39, 0.29) is 24.4 Å². The molecule has 2 N–H and O–H groups in total.